The van der Waals surface area contributed by atoms with Crippen LogP contribution in [-0.2, 0) is 11.0 Å². The number of thiocarbonyl (C=S) groups is 1. The monoisotopic (exact) mass is 280 g/mol. The van der Waals surface area contributed by atoms with Crippen LogP contribution in [0.15, 0.2) is 18.2 Å². The van der Waals surface area contributed by atoms with Crippen LogP contribution in [0.25, 0.3) is 0 Å². The van der Waals surface area contributed by atoms with Crippen molar-refractivity contribution in [1.82, 2.24) is 0 Å². The van der Waals surface area contributed by atoms with Gasteiger partial charge in [0.05, 0.1) is 22.7 Å². The van der Waals surface area contributed by atoms with Gasteiger partial charge in [0.2, 0.25) is 5.91 Å². The molecule has 18 heavy (non-hydrogen) atoms. The van der Waals surface area contributed by atoms with E-state index in [1.54, 1.807) is 0 Å². The lowest BCUT2D eigenvalue weighted by atomic mass is 10.2. The molecule has 0 unspecified atom stereocenters. The molecular formula is C10H8F4N2OS. The Bertz CT molecular complexity index is 487. The highest BCUT2D eigenvalue weighted by Crippen LogP contribution is 2.31. The zero-order chi connectivity index (χ0) is 13.9. The van der Waals surface area contributed by atoms with E-state index in [0.29, 0.717) is 18.2 Å². The number of anilines is 1. The number of hydrogen-bond acceptors (Lipinski definition) is 2. The van der Waals surface area contributed by atoms with Gasteiger partial charge in [-0.05, 0) is 18.2 Å². The normalized spacial score (nSPS) is 11.1. The van der Waals surface area contributed by atoms with E-state index in [-0.39, 0.29) is 11.4 Å². The molecule has 0 aliphatic rings. The topological polar surface area (TPSA) is 55.1 Å². The first-order valence-electron chi connectivity index (χ1n) is 4.65. The standard InChI is InChI=1S/C10H8F4N2OS/c11-6-2-1-5(10(12,13)14)3-7(6)16-9(17)4-8(15)18/h1-3H,4H2,(H2,15,18)(H,16,17). The Hall–Kier alpha value is -1.70. The molecule has 0 aliphatic heterocycles. The predicted molar refractivity (Wildman–Crippen MR) is 61.4 cm³/mol. The summed E-state index contributed by atoms with van der Waals surface area (Å²) in [7, 11) is 0. The largest absolute Gasteiger partial charge is 0.416 e. The number of alkyl halides is 3. The first-order valence-corrected chi connectivity index (χ1v) is 5.06. The summed E-state index contributed by atoms with van der Waals surface area (Å²) in [5.74, 6) is -1.75. The van der Waals surface area contributed by atoms with Crippen molar-refractivity contribution in [2.24, 2.45) is 5.73 Å². The third-order valence-corrected chi connectivity index (χ3v) is 2.05. The molecule has 0 heterocycles. The highest BCUT2D eigenvalue weighted by Gasteiger charge is 2.31. The van der Waals surface area contributed by atoms with Crippen molar-refractivity contribution >= 4 is 28.8 Å². The van der Waals surface area contributed by atoms with E-state index in [0.717, 1.165) is 0 Å². The quantitative estimate of drug-likeness (QED) is 0.660. The first kappa shape index (κ1) is 14.4. The van der Waals surface area contributed by atoms with E-state index in [1.807, 2.05) is 5.32 Å². The Morgan fingerprint density at radius 3 is 2.50 bits per heavy atom. The van der Waals surface area contributed by atoms with Crippen LogP contribution >= 0.6 is 12.2 Å². The molecule has 8 heteroatoms. The molecule has 0 spiro atoms. The van der Waals surface area contributed by atoms with Crippen molar-refractivity contribution in [3.8, 4) is 0 Å². The van der Waals surface area contributed by atoms with Crippen LogP contribution in [0.3, 0.4) is 0 Å². The lowest BCUT2D eigenvalue weighted by molar-refractivity contribution is -0.137. The minimum atomic E-state index is -4.61. The maximum absolute atomic E-state index is 13.2. The van der Waals surface area contributed by atoms with Crippen LogP contribution < -0.4 is 11.1 Å². The first-order chi connectivity index (χ1) is 8.20. The molecule has 0 fully saturated rings. The van der Waals surface area contributed by atoms with Crippen molar-refractivity contribution in [2.45, 2.75) is 12.6 Å². The summed E-state index contributed by atoms with van der Waals surface area (Å²) in [6.07, 6.45) is -4.98. The van der Waals surface area contributed by atoms with Crippen molar-refractivity contribution in [2.75, 3.05) is 5.32 Å². The van der Waals surface area contributed by atoms with Crippen LogP contribution in [-0.4, -0.2) is 10.9 Å². The van der Waals surface area contributed by atoms with Crippen molar-refractivity contribution in [3.63, 3.8) is 0 Å². The van der Waals surface area contributed by atoms with Gasteiger partial charge in [0.1, 0.15) is 5.82 Å². The Kier molecular flexibility index (Phi) is 4.23. The smallest absolute Gasteiger partial charge is 0.393 e. The molecule has 0 saturated heterocycles. The lowest BCUT2D eigenvalue weighted by Gasteiger charge is -2.10. The molecule has 1 aromatic carbocycles. The zero-order valence-corrected chi connectivity index (χ0v) is 9.66. The van der Waals surface area contributed by atoms with Crippen molar-refractivity contribution < 1.29 is 22.4 Å². The van der Waals surface area contributed by atoms with Gasteiger partial charge >= 0.3 is 6.18 Å². The third kappa shape index (κ3) is 3.95. The summed E-state index contributed by atoms with van der Waals surface area (Å²) < 4.78 is 50.3. The maximum atomic E-state index is 13.2. The Labute approximate surface area is 105 Å². The van der Waals surface area contributed by atoms with E-state index in [1.165, 1.54) is 0 Å². The van der Waals surface area contributed by atoms with Crippen molar-refractivity contribution in [1.29, 1.82) is 0 Å². The molecule has 1 rings (SSSR count). The molecule has 0 aliphatic carbocycles. The zero-order valence-electron chi connectivity index (χ0n) is 8.84. The fourth-order valence-electron chi connectivity index (χ4n) is 1.15. The van der Waals surface area contributed by atoms with Crippen LogP contribution in [0.2, 0.25) is 0 Å². The molecule has 1 amide bonds. The number of nitrogens with two attached hydrogens (primary N) is 1. The number of carbonyl (C=O) groups excluding carboxylic acids is 1. The summed E-state index contributed by atoms with van der Waals surface area (Å²) in [5.41, 5.74) is 3.46. The molecular weight excluding hydrogens is 272 g/mol. The minimum absolute atomic E-state index is 0.139. The van der Waals surface area contributed by atoms with E-state index >= 15 is 0 Å². The minimum Gasteiger partial charge on any atom is -0.393 e. The van der Waals surface area contributed by atoms with Crippen LogP contribution in [0, 0.1) is 5.82 Å². The third-order valence-electron chi connectivity index (χ3n) is 1.90. The number of benzene rings is 1. The molecule has 0 bridgehead atoms. The van der Waals surface area contributed by atoms with Gasteiger partial charge in [0.15, 0.2) is 0 Å². The number of amides is 1. The van der Waals surface area contributed by atoms with Gasteiger partial charge in [-0.2, -0.15) is 13.2 Å². The molecule has 0 atom stereocenters. The van der Waals surface area contributed by atoms with E-state index in [4.69, 9.17) is 5.73 Å². The second kappa shape index (κ2) is 5.30. The highest BCUT2D eigenvalue weighted by molar-refractivity contribution is 7.80. The van der Waals surface area contributed by atoms with Crippen LogP contribution in [0.4, 0.5) is 23.2 Å². The fourth-order valence-corrected chi connectivity index (χ4v) is 1.28. The summed E-state index contributed by atoms with van der Waals surface area (Å²) in [6.45, 7) is 0. The molecule has 3 N–H and O–H groups in total. The van der Waals surface area contributed by atoms with Crippen LogP contribution in [0.5, 0.6) is 0 Å². The second-order valence-electron chi connectivity index (χ2n) is 3.38. The van der Waals surface area contributed by atoms with Crippen molar-refractivity contribution in [3.05, 3.63) is 29.6 Å². The Morgan fingerprint density at radius 2 is 2.00 bits per heavy atom. The number of hydrogen-bond donors (Lipinski definition) is 2. The fraction of sp³-hybridized carbons (Fsp3) is 0.200. The summed E-state index contributed by atoms with van der Waals surface area (Å²) in [6, 6.07) is 1.71. The SMILES string of the molecule is NC(=S)CC(=O)Nc1cc(C(F)(F)F)ccc1F. The number of rotatable bonds is 3. The Balaban J connectivity index is 2.95. The summed E-state index contributed by atoms with van der Waals surface area (Å²) in [4.78, 5) is 11.1. The number of halogens is 4. The number of nitrogens with one attached hydrogen (secondary N) is 1. The Morgan fingerprint density at radius 1 is 1.39 bits per heavy atom. The molecule has 0 aromatic heterocycles. The van der Waals surface area contributed by atoms with Gasteiger partial charge in [0.25, 0.3) is 0 Å². The second-order valence-corrected chi connectivity index (χ2v) is 3.91. The average Bonchev–Trinajstić information content (AvgIpc) is 2.18. The van der Waals surface area contributed by atoms with E-state index in [9.17, 15) is 22.4 Å². The number of carbonyl (C=O) groups is 1. The van der Waals surface area contributed by atoms with Gasteiger partial charge in [-0.3, -0.25) is 4.79 Å². The molecule has 0 saturated carbocycles. The summed E-state index contributed by atoms with van der Waals surface area (Å²) >= 11 is 4.45. The van der Waals surface area contributed by atoms with Gasteiger partial charge in [-0.15, -0.1) is 0 Å². The van der Waals surface area contributed by atoms with Gasteiger partial charge < -0.3 is 11.1 Å². The average molecular weight is 280 g/mol. The molecule has 1 aromatic rings. The maximum Gasteiger partial charge on any atom is 0.416 e. The molecule has 0 radical (unpaired) electrons. The molecule has 3 nitrogen and oxygen atoms in total. The van der Waals surface area contributed by atoms with Crippen LogP contribution in [0.1, 0.15) is 12.0 Å². The highest BCUT2D eigenvalue weighted by atomic mass is 32.1. The predicted octanol–water partition coefficient (Wildman–Crippen LogP) is 2.46. The van der Waals surface area contributed by atoms with Gasteiger partial charge in [0, 0.05) is 0 Å². The molecule has 98 valence electrons. The van der Waals surface area contributed by atoms with E-state index in [2.05, 4.69) is 12.2 Å². The van der Waals surface area contributed by atoms with Gasteiger partial charge in [-0.25, -0.2) is 4.39 Å². The lowest BCUT2D eigenvalue weighted by Crippen LogP contribution is -2.21. The summed E-state index contributed by atoms with van der Waals surface area (Å²) in [5, 5.41) is 1.97. The van der Waals surface area contributed by atoms with Gasteiger partial charge in [-0.1, -0.05) is 12.2 Å². The van der Waals surface area contributed by atoms with E-state index < -0.39 is 29.2 Å².